The highest BCUT2D eigenvalue weighted by atomic mass is 32.3. The van der Waals surface area contributed by atoms with Crippen LogP contribution in [0, 0.1) is 5.41 Å². The number of ether oxygens (including phenoxy) is 1. The largest absolute Gasteiger partial charge is 0.459 e. The molecule has 0 radical (unpaired) electrons. The van der Waals surface area contributed by atoms with Crippen LogP contribution in [0.2, 0.25) is 0 Å². The van der Waals surface area contributed by atoms with Crippen LogP contribution in [0.3, 0.4) is 0 Å². The topological polar surface area (TPSA) is 118 Å². The molecule has 0 aliphatic rings. The number of carbonyl (C=O) groups excluding carboxylic acids is 2. The molecule has 0 bridgehead atoms. The van der Waals surface area contributed by atoms with Crippen molar-refractivity contribution in [3.8, 4) is 0 Å². The lowest BCUT2D eigenvalue weighted by Crippen LogP contribution is -2.50. The summed E-state index contributed by atoms with van der Waals surface area (Å²) in [5.41, 5.74) is -2.77. The van der Waals surface area contributed by atoms with E-state index >= 15 is 0 Å². The molecule has 0 aliphatic heterocycles. The molecule has 2 unspecified atom stereocenters. The lowest BCUT2D eigenvalue weighted by atomic mass is 9.86. The number of Topliss-reactive ketones (excluding diaryl/α,β-unsaturated/α-hetero) is 1. The van der Waals surface area contributed by atoms with Crippen LogP contribution in [-0.4, -0.2) is 51.0 Å². The Morgan fingerprint density at radius 3 is 1.90 bits per heavy atom. The number of nitrogens with zero attached hydrogens (tertiary/aromatic N) is 1. The number of esters is 1. The van der Waals surface area contributed by atoms with Crippen molar-refractivity contribution in [2.45, 2.75) is 40.2 Å². The van der Waals surface area contributed by atoms with Crippen molar-refractivity contribution in [2.24, 2.45) is 5.41 Å². The minimum Gasteiger partial charge on any atom is -0.459 e. The van der Waals surface area contributed by atoms with Gasteiger partial charge in [0.2, 0.25) is 21.3 Å². The Morgan fingerprint density at radius 2 is 1.67 bits per heavy atom. The van der Waals surface area contributed by atoms with E-state index in [1.54, 1.807) is 20.8 Å². The molecule has 0 saturated carbocycles. The average molecular weight is 343 g/mol. The van der Waals surface area contributed by atoms with Crippen LogP contribution >= 0.6 is 0 Å². The van der Waals surface area contributed by atoms with Crippen LogP contribution in [0.1, 0.15) is 34.6 Å². The summed E-state index contributed by atoms with van der Waals surface area (Å²) in [7, 11) is -4.08. The summed E-state index contributed by atoms with van der Waals surface area (Å²) in [5, 5.41) is 0. The molecule has 0 saturated heterocycles. The number of hydrogen-bond donors (Lipinski definition) is 1. The molecule has 0 amide bonds. The summed E-state index contributed by atoms with van der Waals surface area (Å²) >= 11 is -2.89. The summed E-state index contributed by atoms with van der Waals surface area (Å²) in [5.74, 6) is -1.63. The number of rotatable bonds is 6. The van der Waals surface area contributed by atoms with Crippen LogP contribution in [0.5, 0.6) is 0 Å². The zero-order valence-electron chi connectivity index (χ0n) is 12.9. The maximum atomic E-state index is 12.2. The van der Waals surface area contributed by atoms with Gasteiger partial charge in [-0.15, -0.1) is 0 Å². The molecule has 1 N–H and O–H groups in total. The monoisotopic (exact) mass is 343 g/mol. The van der Waals surface area contributed by atoms with E-state index in [4.69, 9.17) is 9.29 Å². The zero-order valence-corrected chi connectivity index (χ0v) is 14.5. The van der Waals surface area contributed by atoms with Crippen molar-refractivity contribution in [2.75, 3.05) is 12.8 Å². The molecule has 8 nitrogen and oxygen atoms in total. The highest BCUT2D eigenvalue weighted by Crippen LogP contribution is 2.26. The van der Waals surface area contributed by atoms with E-state index in [1.165, 1.54) is 6.92 Å². The standard InChI is InChI=1S/C11H21NO7S2/c1-8(13)11(5,9(14)19-10(2,3)4)7-12(20(15)16)21(6,17)18/h7H2,1-6H3,(H,15,16). The third-order valence-electron chi connectivity index (χ3n) is 2.62. The highest BCUT2D eigenvalue weighted by molar-refractivity contribution is 7.98. The maximum Gasteiger partial charge on any atom is 0.321 e. The normalized spacial score (nSPS) is 17.1. The smallest absolute Gasteiger partial charge is 0.321 e. The lowest BCUT2D eigenvalue weighted by molar-refractivity contribution is -0.169. The van der Waals surface area contributed by atoms with E-state index in [9.17, 15) is 22.2 Å². The molecule has 21 heavy (non-hydrogen) atoms. The molecule has 124 valence electrons. The van der Waals surface area contributed by atoms with Gasteiger partial charge in [0.1, 0.15) is 16.8 Å². The predicted octanol–water partition coefficient (Wildman–Crippen LogP) is 0.322. The first kappa shape index (κ1) is 20.2. The fourth-order valence-corrected chi connectivity index (χ4v) is 3.04. The van der Waals surface area contributed by atoms with E-state index in [-0.39, 0.29) is 3.71 Å². The van der Waals surface area contributed by atoms with Crippen molar-refractivity contribution in [3.05, 3.63) is 0 Å². The molecule has 0 aromatic rings. The second-order valence-corrected chi connectivity index (χ2v) is 8.88. The maximum absolute atomic E-state index is 12.2. The predicted molar refractivity (Wildman–Crippen MR) is 77.0 cm³/mol. The molecule has 10 heteroatoms. The van der Waals surface area contributed by atoms with Crippen molar-refractivity contribution in [1.82, 2.24) is 3.71 Å². The fourth-order valence-electron chi connectivity index (χ4n) is 1.26. The molecular formula is C11H21NO7S2. The molecule has 0 spiro atoms. The SMILES string of the molecule is CC(=O)C(C)(CN(S(=O)O)S(C)(=O)=O)C(=O)OC(C)(C)C. The van der Waals surface area contributed by atoms with Gasteiger partial charge in [-0.25, -0.2) is 12.6 Å². The van der Waals surface area contributed by atoms with Gasteiger partial charge in [0.05, 0.1) is 12.8 Å². The average Bonchev–Trinajstić information content (AvgIpc) is 2.20. The van der Waals surface area contributed by atoms with Gasteiger partial charge >= 0.3 is 5.97 Å². The Bertz CT molecular complexity index is 549. The fraction of sp³-hybridized carbons (Fsp3) is 0.818. The van der Waals surface area contributed by atoms with Gasteiger partial charge in [-0.3, -0.25) is 14.1 Å². The van der Waals surface area contributed by atoms with Gasteiger partial charge in [-0.05, 0) is 34.6 Å². The second-order valence-electron chi connectivity index (χ2n) is 5.84. The Morgan fingerprint density at radius 1 is 1.24 bits per heavy atom. The summed E-state index contributed by atoms with van der Waals surface area (Å²) in [6.45, 7) is 6.25. The number of ketones is 1. The Hall–Kier alpha value is -0.840. The molecule has 0 heterocycles. The van der Waals surface area contributed by atoms with E-state index in [1.807, 2.05) is 0 Å². The Balaban J connectivity index is 5.64. The molecule has 0 aromatic carbocycles. The summed E-state index contributed by atoms with van der Waals surface area (Å²) in [6.07, 6.45) is 0.705. The Kier molecular flexibility index (Phi) is 6.25. The van der Waals surface area contributed by atoms with Crippen LogP contribution in [0.4, 0.5) is 0 Å². The highest BCUT2D eigenvalue weighted by Gasteiger charge is 2.46. The van der Waals surface area contributed by atoms with E-state index in [0.29, 0.717) is 6.26 Å². The summed E-state index contributed by atoms with van der Waals surface area (Å²) in [4.78, 5) is 23.9. The van der Waals surface area contributed by atoms with Gasteiger partial charge < -0.3 is 4.74 Å². The van der Waals surface area contributed by atoms with E-state index in [2.05, 4.69) is 0 Å². The molecule has 0 aliphatic carbocycles. The van der Waals surface area contributed by atoms with Gasteiger partial charge in [0.25, 0.3) is 0 Å². The molecular weight excluding hydrogens is 322 g/mol. The number of sulfonamides is 1. The third kappa shape index (κ3) is 5.81. The van der Waals surface area contributed by atoms with Crippen LogP contribution in [0.15, 0.2) is 0 Å². The van der Waals surface area contributed by atoms with Crippen LogP contribution in [0.25, 0.3) is 0 Å². The third-order valence-corrected chi connectivity index (χ3v) is 5.16. The molecule has 0 fully saturated rings. The lowest BCUT2D eigenvalue weighted by Gasteiger charge is -2.31. The van der Waals surface area contributed by atoms with Crippen molar-refractivity contribution < 1.29 is 31.5 Å². The molecule has 0 rings (SSSR count). The number of carbonyl (C=O) groups is 2. The van der Waals surface area contributed by atoms with Gasteiger partial charge in [0, 0.05) is 0 Å². The molecule has 0 aromatic heterocycles. The summed E-state index contributed by atoms with van der Waals surface area (Å²) in [6, 6.07) is 0. The summed E-state index contributed by atoms with van der Waals surface area (Å²) < 4.78 is 48.5. The van der Waals surface area contributed by atoms with Gasteiger partial charge in [-0.2, -0.15) is 0 Å². The van der Waals surface area contributed by atoms with Crippen molar-refractivity contribution >= 4 is 33.0 Å². The molecule has 2 atom stereocenters. The van der Waals surface area contributed by atoms with Gasteiger partial charge in [-0.1, -0.05) is 3.71 Å². The first-order valence-electron chi connectivity index (χ1n) is 5.94. The van der Waals surface area contributed by atoms with Gasteiger partial charge in [0.15, 0.2) is 0 Å². The first-order valence-corrected chi connectivity index (χ1v) is 8.85. The zero-order chi connectivity index (χ0) is 17.2. The Labute approximate surface area is 127 Å². The number of hydrogen-bond acceptors (Lipinski definition) is 6. The van der Waals surface area contributed by atoms with E-state index in [0.717, 1.165) is 6.92 Å². The quantitative estimate of drug-likeness (QED) is 0.419. The van der Waals surface area contributed by atoms with E-state index < -0.39 is 50.6 Å². The van der Waals surface area contributed by atoms with Crippen LogP contribution in [-0.2, 0) is 35.6 Å². The van der Waals surface area contributed by atoms with Crippen molar-refractivity contribution in [3.63, 3.8) is 0 Å². The minimum absolute atomic E-state index is 0.165. The first-order chi connectivity index (χ1) is 9.11. The minimum atomic E-state index is -4.08. The second kappa shape index (κ2) is 6.51. The van der Waals surface area contributed by atoms with Crippen molar-refractivity contribution in [1.29, 1.82) is 0 Å². The van der Waals surface area contributed by atoms with Crippen LogP contribution < -0.4 is 0 Å².